The topological polar surface area (TPSA) is 55.3 Å². The number of carbonyl (C=O) groups excluding carboxylic acids is 1. The van der Waals surface area contributed by atoms with Crippen LogP contribution in [-0.2, 0) is 4.74 Å². The Balaban J connectivity index is 1.73. The molecule has 2 aromatic carbocycles. The van der Waals surface area contributed by atoms with Gasteiger partial charge in [-0.25, -0.2) is 14.8 Å². The molecule has 0 spiro atoms. The van der Waals surface area contributed by atoms with Gasteiger partial charge in [0, 0.05) is 23.5 Å². The Kier molecular flexibility index (Phi) is 4.43. The number of rotatable bonds is 3. The van der Waals surface area contributed by atoms with Crippen LogP contribution in [0, 0.1) is 0 Å². The number of benzene rings is 2. The first-order chi connectivity index (χ1) is 14.1. The predicted molar refractivity (Wildman–Crippen MR) is 118 cm³/mol. The van der Waals surface area contributed by atoms with Crippen LogP contribution in [0.2, 0.25) is 0 Å². The van der Waals surface area contributed by atoms with Crippen molar-refractivity contribution in [3.05, 3.63) is 53.5 Å². The molecule has 0 aliphatic carbocycles. The van der Waals surface area contributed by atoms with E-state index >= 15 is 0 Å². The number of thiazole rings is 1. The molecular weight excluding hydrogens is 382 g/mol. The summed E-state index contributed by atoms with van der Waals surface area (Å²) in [5, 5.41) is 0.945. The van der Waals surface area contributed by atoms with Gasteiger partial charge in [-0.3, -0.25) is 0 Å². The Hall–Kier alpha value is -2.99. The summed E-state index contributed by atoms with van der Waals surface area (Å²) >= 11 is 1.64. The largest absolute Gasteiger partial charge is 0.465 e. The summed E-state index contributed by atoms with van der Waals surface area (Å²) in [6.07, 6.45) is 2.34. The molecule has 2 aromatic heterocycles. The van der Waals surface area contributed by atoms with Gasteiger partial charge in [0.1, 0.15) is 0 Å². The summed E-state index contributed by atoms with van der Waals surface area (Å²) in [7, 11) is 1.40. The number of aromatic nitrogens is 2. The van der Waals surface area contributed by atoms with E-state index in [1.54, 1.807) is 17.4 Å². The van der Waals surface area contributed by atoms with E-state index in [-0.39, 0.29) is 5.97 Å². The van der Waals surface area contributed by atoms with Gasteiger partial charge in [-0.1, -0.05) is 6.07 Å². The number of carbonyl (C=O) groups is 1. The Labute approximate surface area is 173 Å². The number of pyridine rings is 1. The van der Waals surface area contributed by atoms with Gasteiger partial charge >= 0.3 is 5.97 Å². The van der Waals surface area contributed by atoms with E-state index in [1.165, 1.54) is 24.7 Å². The van der Waals surface area contributed by atoms with E-state index in [1.807, 2.05) is 17.6 Å². The SMILES string of the molecule is COC(=O)c1ccc2nc(-c3ccc4scnc4c3)c(N3CCC[C@@H]3C)cc2c1. The summed E-state index contributed by atoms with van der Waals surface area (Å²) in [6.45, 7) is 3.27. The van der Waals surface area contributed by atoms with Gasteiger partial charge in [0.25, 0.3) is 0 Å². The molecule has 0 amide bonds. The number of ether oxygens (including phenoxy) is 1. The molecule has 0 unspecified atom stereocenters. The van der Waals surface area contributed by atoms with Crippen molar-refractivity contribution >= 4 is 44.1 Å². The number of fused-ring (bicyclic) bond motifs is 2. The van der Waals surface area contributed by atoms with Gasteiger partial charge in [0.15, 0.2) is 0 Å². The van der Waals surface area contributed by atoms with Crippen LogP contribution in [0.25, 0.3) is 32.4 Å². The van der Waals surface area contributed by atoms with Crippen LogP contribution < -0.4 is 4.90 Å². The van der Waals surface area contributed by atoms with Crippen molar-refractivity contribution in [1.29, 1.82) is 0 Å². The third-order valence-electron chi connectivity index (χ3n) is 5.68. The molecule has 1 aliphatic heterocycles. The summed E-state index contributed by atoms with van der Waals surface area (Å²) in [5.41, 5.74) is 7.42. The van der Waals surface area contributed by atoms with Crippen LogP contribution in [0.3, 0.4) is 0 Å². The number of hydrogen-bond acceptors (Lipinski definition) is 6. The second-order valence-electron chi connectivity index (χ2n) is 7.47. The monoisotopic (exact) mass is 403 g/mol. The molecular formula is C23H21N3O2S. The second-order valence-corrected chi connectivity index (χ2v) is 8.36. The van der Waals surface area contributed by atoms with Gasteiger partial charge in [0.2, 0.25) is 0 Å². The summed E-state index contributed by atoms with van der Waals surface area (Å²) in [4.78, 5) is 23.9. The summed E-state index contributed by atoms with van der Waals surface area (Å²) in [6, 6.07) is 14.5. The van der Waals surface area contributed by atoms with Gasteiger partial charge in [-0.15, -0.1) is 11.3 Å². The molecule has 146 valence electrons. The van der Waals surface area contributed by atoms with E-state index in [9.17, 15) is 4.79 Å². The maximum atomic E-state index is 12.0. The summed E-state index contributed by atoms with van der Waals surface area (Å²) < 4.78 is 6.06. The minimum Gasteiger partial charge on any atom is -0.465 e. The highest BCUT2D eigenvalue weighted by molar-refractivity contribution is 7.16. The molecule has 1 saturated heterocycles. The Morgan fingerprint density at radius 2 is 2.07 bits per heavy atom. The fraction of sp³-hybridized carbons (Fsp3) is 0.261. The molecule has 6 heteroatoms. The minimum absolute atomic E-state index is 0.332. The lowest BCUT2D eigenvalue weighted by Crippen LogP contribution is -2.27. The van der Waals surface area contributed by atoms with Crippen molar-refractivity contribution in [1.82, 2.24) is 9.97 Å². The van der Waals surface area contributed by atoms with E-state index in [4.69, 9.17) is 9.72 Å². The maximum Gasteiger partial charge on any atom is 0.337 e. The van der Waals surface area contributed by atoms with E-state index in [0.717, 1.165) is 39.9 Å². The third kappa shape index (κ3) is 3.13. The highest BCUT2D eigenvalue weighted by Crippen LogP contribution is 2.37. The van der Waals surface area contributed by atoms with Gasteiger partial charge in [-0.05, 0) is 56.2 Å². The van der Waals surface area contributed by atoms with Crippen molar-refractivity contribution in [3.8, 4) is 11.3 Å². The third-order valence-corrected chi connectivity index (χ3v) is 6.49. The first-order valence-electron chi connectivity index (χ1n) is 9.77. The molecule has 3 heterocycles. The van der Waals surface area contributed by atoms with Crippen molar-refractivity contribution in [2.45, 2.75) is 25.8 Å². The van der Waals surface area contributed by atoms with Gasteiger partial charge in [-0.2, -0.15) is 0 Å². The molecule has 29 heavy (non-hydrogen) atoms. The molecule has 1 fully saturated rings. The molecule has 0 N–H and O–H groups in total. The number of hydrogen-bond donors (Lipinski definition) is 0. The lowest BCUT2D eigenvalue weighted by molar-refractivity contribution is 0.0601. The van der Waals surface area contributed by atoms with Crippen LogP contribution in [0.1, 0.15) is 30.1 Å². The van der Waals surface area contributed by atoms with Crippen molar-refractivity contribution in [3.63, 3.8) is 0 Å². The molecule has 5 rings (SSSR count). The fourth-order valence-electron chi connectivity index (χ4n) is 4.14. The van der Waals surface area contributed by atoms with Crippen LogP contribution in [0.4, 0.5) is 5.69 Å². The lowest BCUT2D eigenvalue weighted by atomic mass is 10.0. The average Bonchev–Trinajstić information content (AvgIpc) is 3.39. The van der Waals surface area contributed by atoms with E-state index < -0.39 is 0 Å². The number of nitrogens with zero attached hydrogens (tertiary/aromatic N) is 3. The Bertz CT molecular complexity index is 1230. The number of anilines is 1. The van der Waals surface area contributed by atoms with Crippen molar-refractivity contribution in [2.75, 3.05) is 18.6 Å². The molecule has 4 aromatic rings. The maximum absolute atomic E-state index is 12.0. The first kappa shape index (κ1) is 18.1. The zero-order valence-electron chi connectivity index (χ0n) is 16.4. The average molecular weight is 404 g/mol. The zero-order valence-corrected chi connectivity index (χ0v) is 17.2. The van der Waals surface area contributed by atoms with Crippen molar-refractivity contribution in [2.24, 2.45) is 0 Å². The Morgan fingerprint density at radius 3 is 2.86 bits per heavy atom. The lowest BCUT2D eigenvalue weighted by Gasteiger charge is -2.26. The normalized spacial score (nSPS) is 16.6. The van der Waals surface area contributed by atoms with E-state index in [0.29, 0.717) is 11.6 Å². The second kappa shape index (κ2) is 7.12. The summed E-state index contributed by atoms with van der Waals surface area (Å²) in [5.74, 6) is -0.332. The molecule has 0 bridgehead atoms. The highest BCUT2D eigenvalue weighted by atomic mass is 32.1. The molecule has 1 aliphatic rings. The molecule has 0 saturated carbocycles. The number of esters is 1. The zero-order chi connectivity index (χ0) is 20.0. The fourth-order valence-corrected chi connectivity index (χ4v) is 4.80. The van der Waals surface area contributed by atoms with E-state index in [2.05, 4.69) is 41.1 Å². The standard InChI is InChI=1S/C23H21N3O2S/c1-14-4-3-9-26(14)20-12-17-10-16(23(27)28-2)5-7-18(17)25-22(20)15-6-8-21-19(11-15)24-13-29-21/h5-8,10-14H,3-4,9H2,1-2H3/t14-/m0/s1. The van der Waals surface area contributed by atoms with Crippen LogP contribution >= 0.6 is 11.3 Å². The molecule has 1 atom stereocenters. The van der Waals surface area contributed by atoms with Crippen molar-refractivity contribution < 1.29 is 9.53 Å². The van der Waals surface area contributed by atoms with Crippen LogP contribution in [-0.4, -0.2) is 35.6 Å². The smallest absolute Gasteiger partial charge is 0.337 e. The van der Waals surface area contributed by atoms with Gasteiger partial charge < -0.3 is 9.64 Å². The van der Waals surface area contributed by atoms with Gasteiger partial charge in [0.05, 0.1) is 45.3 Å². The number of methoxy groups -OCH3 is 1. The molecule has 0 radical (unpaired) electrons. The quantitative estimate of drug-likeness (QED) is 0.435. The van der Waals surface area contributed by atoms with Crippen LogP contribution in [0.5, 0.6) is 0 Å². The van der Waals surface area contributed by atoms with Crippen LogP contribution in [0.15, 0.2) is 48.0 Å². The predicted octanol–water partition coefficient (Wildman–Crippen LogP) is 5.29. The molecule has 5 nitrogen and oxygen atoms in total. The highest BCUT2D eigenvalue weighted by Gasteiger charge is 2.25. The Morgan fingerprint density at radius 1 is 1.17 bits per heavy atom. The first-order valence-corrected chi connectivity index (χ1v) is 10.7. The minimum atomic E-state index is -0.332.